The molecule has 26 heavy (non-hydrogen) atoms. The number of aliphatic hydroxyl groups is 1. The highest BCUT2D eigenvalue weighted by Crippen LogP contribution is 2.34. The van der Waals surface area contributed by atoms with Crippen molar-refractivity contribution < 1.29 is 24.1 Å². The first-order valence-electron chi connectivity index (χ1n) is 9.69. The van der Waals surface area contributed by atoms with Crippen molar-refractivity contribution in [1.29, 1.82) is 0 Å². The van der Waals surface area contributed by atoms with E-state index in [0.717, 1.165) is 31.2 Å². The number of rotatable bonds is 12. The van der Waals surface area contributed by atoms with Crippen molar-refractivity contribution in [3.8, 4) is 0 Å². The largest absolute Gasteiger partial charge is 0.387 e. The average molecular weight is 366 g/mol. The number of hydrogen-bond donors (Lipinski definition) is 1. The van der Waals surface area contributed by atoms with Crippen LogP contribution in [0.25, 0.3) is 0 Å². The summed E-state index contributed by atoms with van der Waals surface area (Å²) in [6.45, 7) is 7.71. The van der Waals surface area contributed by atoms with Crippen molar-refractivity contribution in [3.05, 3.63) is 35.9 Å². The van der Waals surface area contributed by atoms with Crippen LogP contribution in [0, 0.1) is 0 Å². The van der Waals surface area contributed by atoms with Gasteiger partial charge in [-0.05, 0) is 38.7 Å². The van der Waals surface area contributed by atoms with E-state index in [9.17, 15) is 5.11 Å². The Bertz CT molecular complexity index is 504. The molecule has 0 unspecified atom stereocenters. The van der Waals surface area contributed by atoms with Crippen molar-refractivity contribution in [2.24, 2.45) is 0 Å². The van der Waals surface area contributed by atoms with E-state index in [1.807, 2.05) is 44.2 Å². The monoisotopic (exact) mass is 366 g/mol. The molecule has 0 spiro atoms. The standard InChI is InChI=1S/C21H34O5/c1-4-5-12-21(22,19-16-25-20(2,3)26-19)13-9-14-23-17-24-15-18-10-7-6-8-11-18/h6-8,10-11,19,22H,4-5,9,12-17H2,1-3H3/t19-,21+/m0/s1. The van der Waals surface area contributed by atoms with Gasteiger partial charge < -0.3 is 24.1 Å². The van der Waals surface area contributed by atoms with E-state index in [-0.39, 0.29) is 12.9 Å². The Morgan fingerprint density at radius 2 is 1.88 bits per heavy atom. The quantitative estimate of drug-likeness (QED) is 0.447. The van der Waals surface area contributed by atoms with Crippen LogP contribution in [0.3, 0.4) is 0 Å². The first-order valence-corrected chi connectivity index (χ1v) is 9.69. The summed E-state index contributed by atoms with van der Waals surface area (Å²) >= 11 is 0. The van der Waals surface area contributed by atoms with Gasteiger partial charge in [-0.2, -0.15) is 0 Å². The second-order valence-corrected chi connectivity index (χ2v) is 7.49. The van der Waals surface area contributed by atoms with E-state index in [0.29, 0.717) is 26.2 Å². The number of hydrogen-bond acceptors (Lipinski definition) is 5. The number of unbranched alkanes of at least 4 members (excludes halogenated alkanes) is 1. The molecule has 1 aromatic carbocycles. The third-order valence-corrected chi connectivity index (χ3v) is 4.75. The maximum Gasteiger partial charge on any atom is 0.163 e. The van der Waals surface area contributed by atoms with Gasteiger partial charge in [-0.25, -0.2) is 0 Å². The maximum atomic E-state index is 11.1. The van der Waals surface area contributed by atoms with E-state index in [4.69, 9.17) is 18.9 Å². The van der Waals surface area contributed by atoms with Gasteiger partial charge in [-0.1, -0.05) is 50.1 Å². The Balaban J connectivity index is 1.66. The van der Waals surface area contributed by atoms with E-state index in [2.05, 4.69) is 6.92 Å². The molecule has 0 saturated carbocycles. The van der Waals surface area contributed by atoms with E-state index in [1.165, 1.54) is 0 Å². The lowest BCUT2D eigenvalue weighted by molar-refractivity contribution is -0.174. The average Bonchev–Trinajstić information content (AvgIpc) is 3.00. The Morgan fingerprint density at radius 3 is 2.54 bits per heavy atom. The lowest BCUT2D eigenvalue weighted by Gasteiger charge is -2.33. The van der Waals surface area contributed by atoms with E-state index < -0.39 is 11.4 Å². The van der Waals surface area contributed by atoms with Crippen molar-refractivity contribution in [1.82, 2.24) is 0 Å². The minimum Gasteiger partial charge on any atom is -0.387 e. The van der Waals surface area contributed by atoms with E-state index in [1.54, 1.807) is 0 Å². The molecule has 0 amide bonds. The van der Waals surface area contributed by atoms with Gasteiger partial charge in [0.25, 0.3) is 0 Å². The molecule has 0 aromatic heterocycles. The lowest BCUT2D eigenvalue weighted by Crippen LogP contribution is -2.45. The molecule has 5 heteroatoms. The molecule has 0 aliphatic carbocycles. The summed E-state index contributed by atoms with van der Waals surface area (Å²) in [6.07, 6.45) is 3.85. The van der Waals surface area contributed by atoms with Gasteiger partial charge >= 0.3 is 0 Å². The summed E-state index contributed by atoms with van der Waals surface area (Å²) in [5, 5.41) is 11.1. The first-order chi connectivity index (χ1) is 12.5. The molecule has 1 aliphatic heterocycles. The second-order valence-electron chi connectivity index (χ2n) is 7.49. The molecule has 1 saturated heterocycles. The zero-order valence-corrected chi connectivity index (χ0v) is 16.4. The van der Waals surface area contributed by atoms with Crippen LogP contribution in [0.4, 0.5) is 0 Å². The van der Waals surface area contributed by atoms with Crippen molar-refractivity contribution in [3.63, 3.8) is 0 Å². The third kappa shape index (κ3) is 6.97. The molecular weight excluding hydrogens is 332 g/mol. The summed E-state index contributed by atoms with van der Waals surface area (Å²) in [5.74, 6) is -0.618. The predicted molar refractivity (Wildman–Crippen MR) is 101 cm³/mol. The summed E-state index contributed by atoms with van der Waals surface area (Å²) in [7, 11) is 0. The van der Waals surface area contributed by atoms with Crippen LogP contribution >= 0.6 is 0 Å². The van der Waals surface area contributed by atoms with Crippen LogP contribution in [0.2, 0.25) is 0 Å². The van der Waals surface area contributed by atoms with Crippen molar-refractivity contribution in [2.75, 3.05) is 20.0 Å². The van der Waals surface area contributed by atoms with Crippen LogP contribution < -0.4 is 0 Å². The van der Waals surface area contributed by atoms with Crippen LogP contribution in [0.15, 0.2) is 30.3 Å². The molecule has 2 atom stereocenters. The smallest absolute Gasteiger partial charge is 0.163 e. The zero-order valence-electron chi connectivity index (χ0n) is 16.4. The SMILES string of the molecule is CCCC[C@@](O)(CCCOCOCc1ccccc1)[C@@H]1COC(C)(C)O1. The Labute approximate surface area is 157 Å². The fourth-order valence-electron chi connectivity index (χ4n) is 3.21. The molecule has 1 fully saturated rings. The third-order valence-electron chi connectivity index (χ3n) is 4.75. The number of ether oxygens (including phenoxy) is 4. The summed E-state index contributed by atoms with van der Waals surface area (Å²) in [6, 6.07) is 10.0. The van der Waals surface area contributed by atoms with Crippen LogP contribution in [0.5, 0.6) is 0 Å². The number of benzene rings is 1. The second kappa shape index (κ2) is 10.4. The minimum absolute atomic E-state index is 0.262. The van der Waals surface area contributed by atoms with Gasteiger partial charge in [-0.3, -0.25) is 0 Å². The predicted octanol–water partition coefficient (Wildman–Crippen LogP) is 4.03. The summed E-state index contributed by atoms with van der Waals surface area (Å²) in [5.41, 5.74) is 0.268. The topological polar surface area (TPSA) is 57.2 Å². The molecule has 1 aromatic rings. The molecule has 148 valence electrons. The fourth-order valence-corrected chi connectivity index (χ4v) is 3.21. The first kappa shape index (κ1) is 21.3. The highest BCUT2D eigenvalue weighted by atomic mass is 16.7. The molecule has 0 radical (unpaired) electrons. The summed E-state index contributed by atoms with van der Waals surface area (Å²) < 4.78 is 22.6. The highest BCUT2D eigenvalue weighted by Gasteiger charge is 2.45. The van der Waals surface area contributed by atoms with Crippen molar-refractivity contribution in [2.45, 2.75) is 77.0 Å². The molecule has 2 rings (SSSR count). The van der Waals surface area contributed by atoms with Gasteiger partial charge in [0.2, 0.25) is 0 Å². The Kier molecular flexibility index (Phi) is 8.51. The Morgan fingerprint density at radius 1 is 1.15 bits per heavy atom. The summed E-state index contributed by atoms with van der Waals surface area (Å²) in [4.78, 5) is 0. The van der Waals surface area contributed by atoms with Gasteiger partial charge in [-0.15, -0.1) is 0 Å². The van der Waals surface area contributed by atoms with Crippen LogP contribution in [0.1, 0.15) is 58.4 Å². The van der Waals surface area contributed by atoms with Gasteiger partial charge in [0, 0.05) is 6.61 Å². The van der Waals surface area contributed by atoms with Gasteiger partial charge in [0.1, 0.15) is 12.9 Å². The highest BCUT2D eigenvalue weighted by molar-refractivity contribution is 5.13. The van der Waals surface area contributed by atoms with Crippen LogP contribution in [-0.4, -0.2) is 42.6 Å². The molecule has 0 bridgehead atoms. The van der Waals surface area contributed by atoms with Crippen molar-refractivity contribution >= 4 is 0 Å². The fraction of sp³-hybridized carbons (Fsp3) is 0.714. The lowest BCUT2D eigenvalue weighted by atomic mass is 9.86. The maximum absolute atomic E-state index is 11.1. The minimum atomic E-state index is -0.863. The molecule has 1 aliphatic rings. The van der Waals surface area contributed by atoms with E-state index >= 15 is 0 Å². The molecular formula is C21H34O5. The van der Waals surface area contributed by atoms with Gasteiger partial charge in [0.15, 0.2) is 5.79 Å². The Hall–Kier alpha value is -0.980. The molecule has 1 N–H and O–H groups in total. The zero-order chi connectivity index (χ0) is 18.9. The normalized spacial score (nSPS) is 21.6. The van der Waals surface area contributed by atoms with Crippen LogP contribution in [-0.2, 0) is 25.6 Å². The van der Waals surface area contributed by atoms with Gasteiger partial charge in [0.05, 0.1) is 18.8 Å². The molecule has 1 heterocycles. The molecule has 5 nitrogen and oxygen atoms in total.